The molecule has 0 bridgehead atoms. The molecule has 2 aromatic rings. The van der Waals surface area contributed by atoms with Crippen LogP contribution in [0.15, 0.2) is 24.3 Å². The highest BCUT2D eigenvalue weighted by Crippen LogP contribution is 2.39. The molecule has 12 heteroatoms. The normalized spacial score (nSPS) is 19.1. The number of nitrogens with one attached hydrogen (secondary N) is 2. The Hall–Kier alpha value is -2.38. The maximum Gasteiger partial charge on any atom is 0.435 e. The number of likely N-dealkylation sites (tertiary alicyclic amines) is 1. The number of hydrogen-bond acceptors (Lipinski definition) is 8. The van der Waals surface area contributed by atoms with Gasteiger partial charge in [0, 0.05) is 24.1 Å². The summed E-state index contributed by atoms with van der Waals surface area (Å²) in [5.41, 5.74) is -1.56. The molecule has 2 aliphatic heterocycles. The first-order chi connectivity index (χ1) is 16.8. The summed E-state index contributed by atoms with van der Waals surface area (Å²) in [5.74, 6) is -1.52. The van der Waals surface area contributed by atoms with E-state index in [-0.39, 0.29) is 16.1 Å². The number of rotatable bonds is 7. The van der Waals surface area contributed by atoms with Crippen LogP contribution in [-0.4, -0.2) is 64.9 Å². The lowest BCUT2D eigenvalue weighted by atomic mass is 9.77. The van der Waals surface area contributed by atoms with Crippen molar-refractivity contribution in [2.45, 2.75) is 51.7 Å². The highest BCUT2D eigenvalue weighted by atomic mass is 32.1. The van der Waals surface area contributed by atoms with Gasteiger partial charge in [-0.25, -0.2) is 4.98 Å². The smallest absolute Gasteiger partial charge is 0.380 e. The van der Waals surface area contributed by atoms with Crippen LogP contribution in [0.5, 0.6) is 0 Å². The highest BCUT2D eigenvalue weighted by molar-refractivity contribution is 7.18. The van der Waals surface area contributed by atoms with Crippen LogP contribution in [0, 0.1) is 12.3 Å². The largest absolute Gasteiger partial charge is 0.435 e. The third-order valence-corrected chi connectivity index (χ3v) is 7.68. The van der Waals surface area contributed by atoms with Crippen LogP contribution >= 0.6 is 11.3 Å². The number of aryl methyl sites for hydroxylation is 1. The number of piperidine rings is 1. The zero-order valence-electron chi connectivity index (χ0n) is 20.2. The number of nitrogens with zero attached hydrogens (tertiary/aromatic N) is 2. The van der Waals surface area contributed by atoms with Crippen molar-refractivity contribution in [2.24, 2.45) is 5.41 Å². The number of ether oxygens (including phenoxy) is 1. The summed E-state index contributed by atoms with van der Waals surface area (Å²) in [6.45, 7) is 7.51. The number of carbonyl (C=O) groups is 2. The van der Waals surface area contributed by atoms with Crippen molar-refractivity contribution in [3.8, 4) is 0 Å². The van der Waals surface area contributed by atoms with E-state index in [2.05, 4.69) is 15.6 Å². The fraction of sp³-hybridized carbons (Fsp3) is 0.542. The molecule has 2 aliphatic rings. The molecule has 0 saturated carbocycles. The van der Waals surface area contributed by atoms with Crippen LogP contribution in [0.1, 0.15) is 53.2 Å². The molecule has 1 aromatic carbocycles. The molecule has 36 heavy (non-hydrogen) atoms. The number of anilines is 1. The predicted molar refractivity (Wildman–Crippen MR) is 128 cm³/mol. The molecule has 8 nitrogen and oxygen atoms in total. The number of benzene rings is 1. The van der Waals surface area contributed by atoms with Crippen LogP contribution in [-0.2, 0) is 15.7 Å². The second kappa shape index (κ2) is 9.82. The van der Waals surface area contributed by atoms with Crippen LogP contribution in [0.2, 0.25) is 0 Å². The number of aliphatic hydroxyl groups is 1. The summed E-state index contributed by atoms with van der Waals surface area (Å²) in [7, 11) is 0. The summed E-state index contributed by atoms with van der Waals surface area (Å²) < 4.78 is 46.3. The minimum atomic E-state index is -4.88. The minimum absolute atomic E-state index is 0.0921. The second-order valence-electron chi connectivity index (χ2n) is 10.0. The fourth-order valence-electron chi connectivity index (χ4n) is 4.21. The van der Waals surface area contributed by atoms with Gasteiger partial charge in [-0.2, -0.15) is 13.2 Å². The van der Waals surface area contributed by atoms with Crippen molar-refractivity contribution in [3.05, 3.63) is 46.0 Å². The Labute approximate surface area is 210 Å². The molecule has 2 saturated heterocycles. The van der Waals surface area contributed by atoms with Gasteiger partial charge < -0.3 is 15.2 Å². The van der Waals surface area contributed by atoms with E-state index in [9.17, 15) is 27.9 Å². The SMILES string of the molecule is Cc1ccc(C(=O)c2sc(NC(=O)C(C)(C)NC(O)N3CCC4(CC3)COC4)nc2C(F)(F)F)cc1. The van der Waals surface area contributed by atoms with E-state index in [1.54, 1.807) is 19.1 Å². The van der Waals surface area contributed by atoms with E-state index in [0.717, 1.165) is 31.6 Å². The number of carbonyl (C=O) groups excluding carboxylic acids is 2. The van der Waals surface area contributed by atoms with Gasteiger partial charge in [-0.15, -0.1) is 0 Å². The molecular formula is C24H29F3N4O4S. The van der Waals surface area contributed by atoms with Gasteiger partial charge in [0.05, 0.1) is 18.8 Å². The lowest BCUT2D eigenvalue weighted by Crippen LogP contribution is -2.61. The first kappa shape index (κ1) is 26.7. The first-order valence-corrected chi connectivity index (χ1v) is 12.4. The van der Waals surface area contributed by atoms with Crippen molar-refractivity contribution in [3.63, 3.8) is 0 Å². The van der Waals surface area contributed by atoms with E-state index in [0.29, 0.717) is 24.4 Å². The number of halogens is 3. The molecule has 3 N–H and O–H groups in total. The number of hydrogen-bond donors (Lipinski definition) is 3. The van der Waals surface area contributed by atoms with Gasteiger partial charge >= 0.3 is 6.18 Å². The van der Waals surface area contributed by atoms with E-state index in [1.807, 2.05) is 4.90 Å². The maximum absolute atomic E-state index is 13.7. The molecule has 1 spiro atoms. The lowest BCUT2D eigenvalue weighted by Gasteiger charge is -2.48. The Kier molecular flexibility index (Phi) is 7.28. The number of ketones is 1. The van der Waals surface area contributed by atoms with Gasteiger partial charge in [0.2, 0.25) is 11.7 Å². The van der Waals surface area contributed by atoms with E-state index >= 15 is 0 Å². The molecule has 4 rings (SSSR count). The number of aliphatic hydroxyl groups excluding tert-OH is 1. The maximum atomic E-state index is 13.7. The van der Waals surface area contributed by atoms with Crippen molar-refractivity contribution >= 4 is 28.2 Å². The third kappa shape index (κ3) is 5.62. The third-order valence-electron chi connectivity index (χ3n) is 6.71. The average molecular weight is 527 g/mol. The standard InChI is InChI=1S/C24H29F3N4O4S/c1-14-4-6-15(7-5-14)16(32)17-18(24(25,26)27)28-20(36-17)29-19(33)22(2,3)30-21(34)31-10-8-23(9-11-31)12-35-13-23/h4-7,21,30,34H,8-13H2,1-3H3,(H,28,29,33). The summed E-state index contributed by atoms with van der Waals surface area (Å²) in [6, 6.07) is 6.16. The topological polar surface area (TPSA) is 104 Å². The minimum Gasteiger partial charge on any atom is -0.380 e. The fourth-order valence-corrected chi connectivity index (χ4v) is 5.15. The molecule has 196 valence electrons. The summed E-state index contributed by atoms with van der Waals surface area (Å²) >= 11 is 0.468. The van der Waals surface area contributed by atoms with Crippen molar-refractivity contribution < 1.29 is 32.6 Å². The highest BCUT2D eigenvalue weighted by Gasteiger charge is 2.43. The van der Waals surface area contributed by atoms with Gasteiger partial charge in [0.1, 0.15) is 4.88 Å². The Bertz CT molecular complexity index is 1120. The first-order valence-electron chi connectivity index (χ1n) is 11.6. The van der Waals surface area contributed by atoms with E-state index in [1.165, 1.54) is 26.0 Å². The Morgan fingerprint density at radius 3 is 2.31 bits per heavy atom. The molecule has 1 unspecified atom stereocenters. The molecular weight excluding hydrogens is 497 g/mol. The van der Waals surface area contributed by atoms with Gasteiger partial charge in [-0.05, 0) is 33.6 Å². The van der Waals surface area contributed by atoms with Gasteiger partial charge in [0.25, 0.3) is 0 Å². The molecule has 0 aliphatic carbocycles. The van der Waals surface area contributed by atoms with Crippen molar-refractivity contribution in [1.29, 1.82) is 0 Å². The number of amides is 1. The Morgan fingerprint density at radius 1 is 1.17 bits per heavy atom. The van der Waals surface area contributed by atoms with Crippen molar-refractivity contribution in [2.75, 3.05) is 31.6 Å². The Morgan fingerprint density at radius 2 is 1.78 bits per heavy atom. The average Bonchev–Trinajstić information content (AvgIpc) is 3.22. The monoisotopic (exact) mass is 526 g/mol. The van der Waals surface area contributed by atoms with Crippen LogP contribution in [0.25, 0.3) is 0 Å². The zero-order valence-corrected chi connectivity index (χ0v) is 21.1. The summed E-state index contributed by atoms with van der Waals surface area (Å²) in [4.78, 5) is 30.5. The Balaban J connectivity index is 1.45. The van der Waals surface area contributed by atoms with Crippen molar-refractivity contribution in [1.82, 2.24) is 15.2 Å². The van der Waals surface area contributed by atoms with Gasteiger partial charge in [-0.3, -0.25) is 19.8 Å². The quantitative estimate of drug-likeness (QED) is 0.375. The van der Waals surface area contributed by atoms with Gasteiger partial charge in [0.15, 0.2) is 17.2 Å². The van der Waals surface area contributed by atoms with Crippen LogP contribution in [0.4, 0.5) is 18.3 Å². The molecule has 2 fully saturated rings. The molecule has 0 radical (unpaired) electrons. The second-order valence-corrected chi connectivity index (χ2v) is 11.0. The zero-order chi connectivity index (χ0) is 26.3. The lowest BCUT2D eigenvalue weighted by molar-refractivity contribution is -0.159. The van der Waals surface area contributed by atoms with Gasteiger partial charge in [-0.1, -0.05) is 41.2 Å². The number of alkyl halides is 3. The number of thiazole rings is 1. The molecule has 1 aromatic heterocycles. The van der Waals surface area contributed by atoms with E-state index < -0.39 is 40.3 Å². The van der Waals surface area contributed by atoms with Crippen LogP contribution in [0.3, 0.4) is 0 Å². The van der Waals surface area contributed by atoms with Crippen LogP contribution < -0.4 is 10.6 Å². The molecule has 3 heterocycles. The summed E-state index contributed by atoms with van der Waals surface area (Å²) in [5, 5.41) is 15.5. The summed E-state index contributed by atoms with van der Waals surface area (Å²) in [6.07, 6.45) is -4.26. The molecule has 1 amide bonds. The number of aromatic nitrogens is 1. The van der Waals surface area contributed by atoms with E-state index in [4.69, 9.17) is 4.74 Å². The molecule has 1 atom stereocenters. The predicted octanol–water partition coefficient (Wildman–Crippen LogP) is 3.40.